The van der Waals surface area contributed by atoms with Crippen molar-refractivity contribution in [1.82, 2.24) is 9.62 Å². The van der Waals surface area contributed by atoms with Crippen LogP contribution in [0.15, 0.2) is 60.0 Å². The fourth-order valence-corrected chi connectivity index (χ4v) is 5.69. The van der Waals surface area contributed by atoms with E-state index < -0.39 is 27.6 Å². The molecule has 2 aromatic carbocycles. The van der Waals surface area contributed by atoms with Crippen LogP contribution < -0.4 is 9.46 Å². The second-order valence-electron chi connectivity index (χ2n) is 11.6. The van der Waals surface area contributed by atoms with Crippen LogP contribution in [0.25, 0.3) is 6.08 Å². The standard InChI is InChI=1S/C32H44N2O7S/c1-32(2,3)41-31(36)34-20-17-26(18-21-34)12-8-9-22-40-28-15-13-27(14-16-28)24-29(30(35)39-4)33-42(37,38)23-19-25-10-6-5-7-11-25/h5-7,10-11,13-16,19,23,26,29,33H,8-9,12,17-18,20-22,24H2,1-4H3/b23-19+/t29-/m0/s1. The lowest BCUT2D eigenvalue weighted by molar-refractivity contribution is -0.142. The van der Waals surface area contributed by atoms with Gasteiger partial charge in [-0.25, -0.2) is 13.2 Å². The first-order valence-corrected chi connectivity index (χ1v) is 16.0. The molecule has 0 bridgehead atoms. The minimum absolute atomic E-state index is 0.137. The molecule has 1 aliphatic rings. The second kappa shape index (κ2) is 15.7. The number of rotatable bonds is 13. The van der Waals surface area contributed by atoms with Crippen molar-refractivity contribution in [2.24, 2.45) is 5.92 Å². The van der Waals surface area contributed by atoms with Crippen LogP contribution in [0.2, 0.25) is 0 Å². The van der Waals surface area contributed by atoms with E-state index in [-0.39, 0.29) is 12.5 Å². The smallest absolute Gasteiger partial charge is 0.410 e. The summed E-state index contributed by atoms with van der Waals surface area (Å²) in [6, 6.07) is 15.2. The average Bonchev–Trinajstić information content (AvgIpc) is 2.96. The van der Waals surface area contributed by atoms with Crippen LogP contribution >= 0.6 is 0 Å². The molecule has 1 fully saturated rings. The minimum atomic E-state index is -3.88. The number of nitrogens with zero attached hydrogens (tertiary/aromatic N) is 1. The monoisotopic (exact) mass is 600 g/mol. The summed E-state index contributed by atoms with van der Waals surface area (Å²) in [5.41, 5.74) is 1.03. The van der Waals surface area contributed by atoms with E-state index in [0.29, 0.717) is 18.3 Å². The molecule has 1 aliphatic heterocycles. The zero-order valence-electron chi connectivity index (χ0n) is 25.1. The lowest BCUT2D eigenvalue weighted by Gasteiger charge is -2.33. The summed E-state index contributed by atoms with van der Waals surface area (Å²) in [5.74, 6) is 0.657. The first kappa shape index (κ1) is 33.1. The van der Waals surface area contributed by atoms with Gasteiger partial charge in [-0.2, -0.15) is 4.72 Å². The van der Waals surface area contributed by atoms with Gasteiger partial charge >= 0.3 is 12.1 Å². The summed E-state index contributed by atoms with van der Waals surface area (Å²) in [6.07, 6.45) is 6.46. The van der Waals surface area contributed by atoms with Gasteiger partial charge in [0.15, 0.2) is 0 Å². The molecular weight excluding hydrogens is 556 g/mol. The number of sulfonamides is 1. The van der Waals surface area contributed by atoms with E-state index in [4.69, 9.17) is 14.2 Å². The highest BCUT2D eigenvalue weighted by Gasteiger charge is 2.27. The van der Waals surface area contributed by atoms with Gasteiger partial charge in [0.25, 0.3) is 0 Å². The number of esters is 1. The summed E-state index contributed by atoms with van der Waals surface area (Å²) in [4.78, 5) is 26.4. The molecule has 9 nitrogen and oxygen atoms in total. The van der Waals surface area contributed by atoms with Crippen molar-refractivity contribution in [2.45, 2.75) is 70.9 Å². The zero-order valence-corrected chi connectivity index (χ0v) is 25.9. The Labute approximate surface area is 250 Å². The Morgan fingerprint density at radius 3 is 2.31 bits per heavy atom. The Balaban J connectivity index is 1.39. The van der Waals surface area contributed by atoms with Gasteiger partial charge in [-0.1, -0.05) is 48.9 Å². The van der Waals surface area contributed by atoms with Gasteiger partial charge in [0.05, 0.1) is 13.7 Å². The lowest BCUT2D eigenvalue weighted by Crippen LogP contribution is -2.42. The Hall–Kier alpha value is -3.37. The fraction of sp³-hybridized carbons (Fsp3) is 0.500. The van der Waals surface area contributed by atoms with E-state index in [2.05, 4.69) is 4.72 Å². The van der Waals surface area contributed by atoms with Crippen LogP contribution in [0.5, 0.6) is 5.75 Å². The number of likely N-dealkylation sites (tertiary alicyclic amines) is 1. The minimum Gasteiger partial charge on any atom is -0.494 e. The summed E-state index contributed by atoms with van der Waals surface area (Å²) in [6.45, 7) is 7.72. The van der Waals surface area contributed by atoms with E-state index in [9.17, 15) is 18.0 Å². The predicted molar refractivity (Wildman–Crippen MR) is 163 cm³/mol. The van der Waals surface area contributed by atoms with Crippen molar-refractivity contribution in [1.29, 1.82) is 0 Å². The fourth-order valence-electron chi connectivity index (χ4n) is 4.70. The highest BCUT2D eigenvalue weighted by molar-refractivity contribution is 7.92. The number of ether oxygens (including phenoxy) is 3. The van der Waals surface area contributed by atoms with E-state index in [1.54, 1.807) is 17.0 Å². The zero-order chi connectivity index (χ0) is 30.6. The number of piperidine rings is 1. The molecule has 1 saturated heterocycles. The SMILES string of the molecule is COC(=O)[C@H](Cc1ccc(OCCCCC2CCN(C(=O)OC(C)(C)C)CC2)cc1)NS(=O)(=O)/C=C/c1ccccc1. The summed E-state index contributed by atoms with van der Waals surface area (Å²) in [5, 5.41) is 1.04. The molecule has 1 amide bonds. The number of nitrogens with one attached hydrogen (secondary N) is 1. The molecular formula is C32H44N2O7S. The highest BCUT2D eigenvalue weighted by atomic mass is 32.2. The van der Waals surface area contributed by atoms with Crippen molar-refractivity contribution in [3.63, 3.8) is 0 Å². The van der Waals surface area contributed by atoms with Gasteiger partial charge in [-0.15, -0.1) is 0 Å². The third-order valence-electron chi connectivity index (χ3n) is 6.94. The van der Waals surface area contributed by atoms with Gasteiger partial charge in [-0.05, 0) is 88.1 Å². The van der Waals surface area contributed by atoms with E-state index in [1.165, 1.54) is 13.2 Å². The van der Waals surface area contributed by atoms with Crippen LogP contribution in [0.4, 0.5) is 4.79 Å². The van der Waals surface area contributed by atoms with Gasteiger partial charge < -0.3 is 19.1 Å². The van der Waals surface area contributed by atoms with Crippen LogP contribution in [0.3, 0.4) is 0 Å². The Morgan fingerprint density at radius 1 is 1.02 bits per heavy atom. The largest absolute Gasteiger partial charge is 0.494 e. The maximum atomic E-state index is 12.6. The Morgan fingerprint density at radius 2 is 1.69 bits per heavy atom. The Bertz CT molecular complexity index is 1260. The normalized spacial score (nSPS) is 15.4. The third-order valence-corrected chi connectivity index (χ3v) is 8.04. The van der Waals surface area contributed by atoms with Crippen molar-refractivity contribution < 1.29 is 32.2 Å². The van der Waals surface area contributed by atoms with E-state index in [0.717, 1.165) is 61.7 Å². The molecule has 1 heterocycles. The first-order chi connectivity index (χ1) is 19.9. The summed E-state index contributed by atoms with van der Waals surface area (Å²) >= 11 is 0. The molecule has 2 aromatic rings. The summed E-state index contributed by atoms with van der Waals surface area (Å²) in [7, 11) is -2.65. The van der Waals surface area contributed by atoms with E-state index >= 15 is 0 Å². The first-order valence-electron chi connectivity index (χ1n) is 14.5. The number of carbonyl (C=O) groups excluding carboxylic acids is 2. The predicted octanol–water partition coefficient (Wildman–Crippen LogP) is 5.56. The van der Waals surface area contributed by atoms with Crippen molar-refractivity contribution in [3.8, 4) is 5.75 Å². The quantitative estimate of drug-likeness (QED) is 0.237. The summed E-state index contributed by atoms with van der Waals surface area (Å²) < 4.78 is 43.8. The van der Waals surface area contributed by atoms with Crippen molar-refractivity contribution in [3.05, 3.63) is 71.1 Å². The molecule has 0 aromatic heterocycles. The number of amides is 1. The molecule has 1 atom stereocenters. The van der Waals surface area contributed by atoms with Gasteiger partial charge in [0, 0.05) is 18.5 Å². The molecule has 1 N–H and O–H groups in total. The van der Waals surface area contributed by atoms with Gasteiger partial charge in [-0.3, -0.25) is 4.79 Å². The molecule has 0 saturated carbocycles. The van der Waals surface area contributed by atoms with Crippen LogP contribution in [-0.2, 0) is 30.7 Å². The number of benzene rings is 2. The molecule has 3 rings (SSSR count). The Kier molecular flexibility index (Phi) is 12.4. The maximum absolute atomic E-state index is 12.6. The molecule has 0 aliphatic carbocycles. The number of methoxy groups -OCH3 is 1. The molecule has 0 unspecified atom stereocenters. The topological polar surface area (TPSA) is 111 Å². The number of hydrogen-bond donors (Lipinski definition) is 1. The van der Waals surface area contributed by atoms with Crippen LogP contribution in [0.1, 0.15) is 64.0 Å². The lowest BCUT2D eigenvalue weighted by atomic mass is 9.92. The number of unbranched alkanes of at least 4 members (excludes halogenated alkanes) is 1. The molecule has 42 heavy (non-hydrogen) atoms. The maximum Gasteiger partial charge on any atom is 0.410 e. The molecule has 230 valence electrons. The van der Waals surface area contributed by atoms with Crippen molar-refractivity contribution >= 4 is 28.2 Å². The highest BCUT2D eigenvalue weighted by Crippen LogP contribution is 2.24. The molecule has 0 spiro atoms. The number of carbonyl (C=O) groups is 2. The molecule has 10 heteroatoms. The van der Waals surface area contributed by atoms with Gasteiger partial charge in [0.2, 0.25) is 10.0 Å². The van der Waals surface area contributed by atoms with Crippen LogP contribution in [-0.4, -0.2) is 63.8 Å². The second-order valence-corrected chi connectivity index (χ2v) is 13.2. The van der Waals surface area contributed by atoms with Crippen molar-refractivity contribution in [2.75, 3.05) is 26.8 Å². The van der Waals surface area contributed by atoms with Crippen LogP contribution in [0, 0.1) is 5.92 Å². The van der Waals surface area contributed by atoms with E-state index in [1.807, 2.05) is 63.2 Å². The van der Waals surface area contributed by atoms with Gasteiger partial charge in [0.1, 0.15) is 17.4 Å². The third kappa shape index (κ3) is 11.9. The molecule has 0 radical (unpaired) electrons. The number of hydrogen-bond acceptors (Lipinski definition) is 7. The average molecular weight is 601 g/mol.